The van der Waals surface area contributed by atoms with Gasteiger partial charge in [0.2, 0.25) is 11.8 Å². The molecule has 134 valence electrons. The highest BCUT2D eigenvalue weighted by atomic mass is 35.5. The molecule has 0 spiro atoms. The Morgan fingerprint density at radius 2 is 2.08 bits per heavy atom. The molecular weight excluding hydrogens is 349 g/mol. The predicted molar refractivity (Wildman–Crippen MR) is 99.6 cm³/mol. The van der Waals surface area contributed by atoms with Crippen molar-refractivity contribution in [3.63, 3.8) is 0 Å². The number of benzene rings is 1. The molecule has 2 rings (SSSR count). The fourth-order valence-electron chi connectivity index (χ4n) is 2.81. The van der Waals surface area contributed by atoms with Crippen LogP contribution in [0.2, 0.25) is 5.02 Å². The summed E-state index contributed by atoms with van der Waals surface area (Å²) in [4.78, 5) is 26.5. The monoisotopic (exact) mass is 373 g/mol. The van der Waals surface area contributed by atoms with Crippen molar-refractivity contribution >= 4 is 41.5 Å². The van der Waals surface area contributed by atoms with E-state index in [4.69, 9.17) is 17.3 Å². The molecule has 0 bridgehead atoms. The third kappa shape index (κ3) is 5.10. The van der Waals surface area contributed by atoms with E-state index in [2.05, 4.69) is 5.32 Å². The summed E-state index contributed by atoms with van der Waals surface area (Å²) in [6, 6.07) is 6.11. The van der Waals surface area contributed by atoms with Gasteiger partial charge in [-0.05, 0) is 37.3 Å². The minimum atomic E-state index is -0.585. The summed E-state index contributed by atoms with van der Waals surface area (Å²) in [5, 5.41) is 3.33. The van der Waals surface area contributed by atoms with Crippen LogP contribution in [0.25, 0.3) is 0 Å². The topological polar surface area (TPSA) is 75.4 Å². The lowest BCUT2D eigenvalue weighted by Crippen LogP contribution is -2.55. The van der Waals surface area contributed by atoms with Gasteiger partial charge in [-0.2, -0.15) is 0 Å². The smallest absolute Gasteiger partial charge is 0.249 e. The van der Waals surface area contributed by atoms with Crippen LogP contribution >= 0.6 is 24.0 Å². The summed E-state index contributed by atoms with van der Waals surface area (Å²) < 4.78 is 0. The minimum Gasteiger partial charge on any atom is -0.343 e. The van der Waals surface area contributed by atoms with Crippen LogP contribution in [0.15, 0.2) is 24.3 Å². The van der Waals surface area contributed by atoms with Gasteiger partial charge in [0, 0.05) is 6.54 Å². The second-order valence-corrected chi connectivity index (χ2v) is 6.79. The number of piperidine rings is 1. The number of nitrogens with zero attached hydrogens (tertiary/aromatic N) is 1. The number of rotatable bonds is 5. The SMILES string of the molecule is CC(C)C[C@H](N)C(=O)NC1CCCN(c2ccccc2Cl)C1=O.Cl. The third-order valence-corrected chi connectivity index (χ3v) is 4.28. The molecule has 0 aromatic heterocycles. The van der Waals surface area contributed by atoms with Gasteiger partial charge in [-0.15, -0.1) is 12.4 Å². The number of nitrogens with one attached hydrogen (secondary N) is 1. The van der Waals surface area contributed by atoms with E-state index >= 15 is 0 Å². The second kappa shape index (κ2) is 9.25. The van der Waals surface area contributed by atoms with Gasteiger partial charge in [-0.1, -0.05) is 37.6 Å². The van der Waals surface area contributed by atoms with Crippen LogP contribution in [0.3, 0.4) is 0 Å². The van der Waals surface area contributed by atoms with E-state index in [9.17, 15) is 9.59 Å². The molecule has 2 atom stereocenters. The van der Waals surface area contributed by atoms with Gasteiger partial charge in [-0.3, -0.25) is 9.59 Å². The Kier molecular flexibility index (Phi) is 8.00. The van der Waals surface area contributed by atoms with E-state index in [0.717, 1.165) is 6.42 Å². The Bertz CT molecular complexity index is 581. The van der Waals surface area contributed by atoms with Gasteiger partial charge >= 0.3 is 0 Å². The van der Waals surface area contributed by atoms with Crippen molar-refractivity contribution < 1.29 is 9.59 Å². The Morgan fingerprint density at radius 3 is 2.71 bits per heavy atom. The van der Waals surface area contributed by atoms with Crippen LogP contribution in [0.1, 0.15) is 33.1 Å². The van der Waals surface area contributed by atoms with E-state index < -0.39 is 12.1 Å². The molecule has 1 fully saturated rings. The standard InChI is InChI=1S/C17H24ClN3O2.ClH/c1-11(2)10-13(19)16(22)20-14-7-5-9-21(17(14)23)15-8-4-3-6-12(15)18;/h3-4,6,8,11,13-14H,5,7,9-10,19H2,1-2H3,(H,20,22);1H/t13-,14?;/m0./s1. The molecule has 0 saturated carbocycles. The van der Waals surface area contributed by atoms with Crippen molar-refractivity contribution in [3.05, 3.63) is 29.3 Å². The summed E-state index contributed by atoms with van der Waals surface area (Å²) in [6.45, 7) is 4.63. The van der Waals surface area contributed by atoms with Crippen molar-refractivity contribution in [3.8, 4) is 0 Å². The lowest BCUT2D eigenvalue weighted by molar-refractivity contribution is -0.129. The molecule has 7 heteroatoms. The second-order valence-electron chi connectivity index (χ2n) is 6.38. The summed E-state index contributed by atoms with van der Waals surface area (Å²) >= 11 is 6.18. The molecular formula is C17H25Cl2N3O2. The van der Waals surface area contributed by atoms with Gasteiger partial charge in [0.05, 0.1) is 16.8 Å². The van der Waals surface area contributed by atoms with Crippen molar-refractivity contribution in [2.75, 3.05) is 11.4 Å². The maximum Gasteiger partial charge on any atom is 0.249 e. The normalized spacial score (nSPS) is 19.0. The number of hydrogen-bond acceptors (Lipinski definition) is 3. The minimum absolute atomic E-state index is 0. The Morgan fingerprint density at radius 1 is 1.42 bits per heavy atom. The highest BCUT2D eigenvalue weighted by Crippen LogP contribution is 2.28. The lowest BCUT2D eigenvalue weighted by atomic mass is 10.0. The van der Waals surface area contributed by atoms with E-state index in [1.807, 2.05) is 32.0 Å². The van der Waals surface area contributed by atoms with Crippen molar-refractivity contribution in [2.24, 2.45) is 11.7 Å². The molecule has 0 aliphatic carbocycles. The maximum absolute atomic E-state index is 12.7. The fraction of sp³-hybridized carbons (Fsp3) is 0.529. The van der Waals surface area contributed by atoms with E-state index in [1.54, 1.807) is 11.0 Å². The van der Waals surface area contributed by atoms with E-state index in [1.165, 1.54) is 0 Å². The summed E-state index contributed by atoms with van der Waals surface area (Å²) in [5.41, 5.74) is 6.58. The number of amides is 2. The fourth-order valence-corrected chi connectivity index (χ4v) is 3.05. The third-order valence-electron chi connectivity index (χ3n) is 3.96. The van der Waals surface area contributed by atoms with Crippen LogP contribution < -0.4 is 16.0 Å². The first kappa shape index (κ1) is 20.7. The number of hydrogen-bond donors (Lipinski definition) is 2. The number of carbonyl (C=O) groups is 2. The van der Waals surface area contributed by atoms with E-state index in [-0.39, 0.29) is 24.2 Å². The molecule has 1 saturated heterocycles. The molecule has 1 aromatic rings. The zero-order chi connectivity index (χ0) is 17.0. The van der Waals surface area contributed by atoms with Crippen LogP contribution in [-0.2, 0) is 9.59 Å². The Hall–Kier alpha value is -1.30. The molecule has 1 aliphatic heterocycles. The average molecular weight is 374 g/mol. The Balaban J connectivity index is 0.00000288. The summed E-state index contributed by atoms with van der Waals surface area (Å²) in [7, 11) is 0. The first-order chi connectivity index (χ1) is 10.9. The molecule has 1 heterocycles. The van der Waals surface area contributed by atoms with Gasteiger partial charge in [0.1, 0.15) is 6.04 Å². The largest absolute Gasteiger partial charge is 0.343 e. The lowest BCUT2D eigenvalue weighted by Gasteiger charge is -2.33. The number of halogens is 2. The Labute approximate surface area is 154 Å². The molecule has 1 unspecified atom stereocenters. The average Bonchev–Trinajstić information content (AvgIpc) is 2.49. The van der Waals surface area contributed by atoms with Crippen molar-refractivity contribution in [2.45, 2.75) is 45.2 Å². The molecule has 1 aliphatic rings. The highest BCUT2D eigenvalue weighted by molar-refractivity contribution is 6.33. The number of nitrogens with two attached hydrogens (primary N) is 1. The van der Waals surface area contributed by atoms with Crippen LogP contribution in [0.5, 0.6) is 0 Å². The van der Waals surface area contributed by atoms with Gasteiger partial charge in [-0.25, -0.2) is 0 Å². The maximum atomic E-state index is 12.7. The summed E-state index contributed by atoms with van der Waals surface area (Å²) in [5.74, 6) is -0.0649. The van der Waals surface area contributed by atoms with E-state index in [0.29, 0.717) is 36.0 Å². The predicted octanol–water partition coefficient (Wildman–Crippen LogP) is 2.75. The van der Waals surface area contributed by atoms with Gasteiger partial charge in [0.15, 0.2) is 0 Å². The van der Waals surface area contributed by atoms with Gasteiger partial charge in [0.25, 0.3) is 0 Å². The molecule has 0 radical (unpaired) electrons. The van der Waals surface area contributed by atoms with Crippen molar-refractivity contribution in [1.82, 2.24) is 5.32 Å². The first-order valence-corrected chi connectivity index (χ1v) is 8.39. The first-order valence-electron chi connectivity index (χ1n) is 8.02. The number of carbonyl (C=O) groups excluding carboxylic acids is 2. The molecule has 5 nitrogen and oxygen atoms in total. The molecule has 1 aromatic carbocycles. The zero-order valence-corrected chi connectivity index (χ0v) is 15.6. The quantitative estimate of drug-likeness (QED) is 0.832. The zero-order valence-electron chi connectivity index (χ0n) is 14.0. The van der Waals surface area contributed by atoms with Gasteiger partial charge < -0.3 is 16.0 Å². The van der Waals surface area contributed by atoms with Crippen molar-refractivity contribution in [1.29, 1.82) is 0 Å². The van der Waals surface area contributed by atoms with Crippen LogP contribution in [-0.4, -0.2) is 30.4 Å². The molecule has 24 heavy (non-hydrogen) atoms. The van der Waals surface area contributed by atoms with Crippen LogP contribution in [0.4, 0.5) is 5.69 Å². The number of anilines is 1. The summed E-state index contributed by atoms with van der Waals surface area (Å²) in [6.07, 6.45) is 2.03. The molecule has 3 N–H and O–H groups in total. The molecule has 2 amide bonds. The van der Waals surface area contributed by atoms with Crippen LogP contribution in [0, 0.1) is 5.92 Å². The number of para-hydroxylation sites is 1. The highest BCUT2D eigenvalue weighted by Gasteiger charge is 2.32.